The quantitative estimate of drug-likeness (QED) is 0.829. The summed E-state index contributed by atoms with van der Waals surface area (Å²) in [6, 6.07) is 7.27. The molecule has 1 heterocycles. The van der Waals surface area contributed by atoms with Crippen LogP contribution in [0.15, 0.2) is 24.3 Å². The Balaban J connectivity index is 2.20. The van der Waals surface area contributed by atoms with Crippen LogP contribution in [0.2, 0.25) is 0 Å². The van der Waals surface area contributed by atoms with Gasteiger partial charge in [-0.15, -0.1) is 0 Å². The number of carbonyl (C=O) groups excluding carboxylic acids is 1. The normalized spacial score (nSPS) is 18.9. The Hall–Kier alpha value is -1.46. The average molecular weight is 292 g/mol. The molecular formula is C15H20N2O2S. The fourth-order valence-electron chi connectivity index (χ4n) is 2.69. The van der Waals surface area contributed by atoms with E-state index in [4.69, 9.17) is 23.1 Å². The van der Waals surface area contributed by atoms with E-state index in [-0.39, 0.29) is 18.6 Å². The molecule has 0 aliphatic carbocycles. The number of carbonyl (C=O) groups is 1. The van der Waals surface area contributed by atoms with Gasteiger partial charge in [0.25, 0.3) is 5.91 Å². The van der Waals surface area contributed by atoms with Crippen LogP contribution in [-0.2, 0) is 0 Å². The smallest absolute Gasteiger partial charge is 0.254 e. The first-order valence-corrected chi connectivity index (χ1v) is 7.36. The Kier molecular flexibility index (Phi) is 5.09. The standard InChI is InChI=1S/C15H20N2O2S/c16-14(20)11-4-3-5-12(10-11)15(19)17-8-2-1-6-13(17)7-9-18/h3-5,10,13,18H,1-2,6-9H2,(H2,16,20). The molecule has 1 unspecified atom stereocenters. The second-order valence-electron chi connectivity index (χ2n) is 5.11. The van der Waals surface area contributed by atoms with Gasteiger partial charge in [-0.05, 0) is 37.8 Å². The Morgan fingerprint density at radius 2 is 2.15 bits per heavy atom. The van der Waals surface area contributed by atoms with Crippen molar-refractivity contribution in [3.05, 3.63) is 35.4 Å². The van der Waals surface area contributed by atoms with E-state index in [1.54, 1.807) is 24.3 Å². The maximum atomic E-state index is 12.6. The lowest BCUT2D eigenvalue weighted by Gasteiger charge is -2.35. The van der Waals surface area contributed by atoms with Crippen molar-refractivity contribution in [2.24, 2.45) is 5.73 Å². The fraction of sp³-hybridized carbons (Fsp3) is 0.467. The van der Waals surface area contributed by atoms with Crippen LogP contribution in [0.25, 0.3) is 0 Å². The number of likely N-dealkylation sites (tertiary alicyclic amines) is 1. The molecule has 0 radical (unpaired) electrons. The van der Waals surface area contributed by atoms with Gasteiger partial charge in [0.1, 0.15) is 4.99 Å². The highest BCUT2D eigenvalue weighted by molar-refractivity contribution is 7.80. The topological polar surface area (TPSA) is 66.6 Å². The van der Waals surface area contributed by atoms with Gasteiger partial charge >= 0.3 is 0 Å². The lowest BCUT2D eigenvalue weighted by atomic mass is 9.98. The van der Waals surface area contributed by atoms with E-state index in [0.29, 0.717) is 22.5 Å². The molecule has 1 amide bonds. The SMILES string of the molecule is NC(=S)c1cccc(C(=O)N2CCCCC2CCO)c1. The summed E-state index contributed by atoms with van der Waals surface area (Å²) in [5.41, 5.74) is 6.93. The van der Waals surface area contributed by atoms with E-state index in [1.807, 2.05) is 4.90 Å². The van der Waals surface area contributed by atoms with E-state index < -0.39 is 0 Å². The van der Waals surface area contributed by atoms with E-state index in [9.17, 15) is 4.79 Å². The molecule has 5 heteroatoms. The van der Waals surface area contributed by atoms with Gasteiger partial charge in [-0.3, -0.25) is 4.79 Å². The molecule has 2 rings (SSSR count). The number of amides is 1. The zero-order valence-electron chi connectivity index (χ0n) is 11.4. The second kappa shape index (κ2) is 6.81. The maximum Gasteiger partial charge on any atom is 0.254 e. The molecule has 1 aromatic carbocycles. The summed E-state index contributed by atoms with van der Waals surface area (Å²) in [6.45, 7) is 0.863. The zero-order valence-corrected chi connectivity index (χ0v) is 12.2. The summed E-state index contributed by atoms with van der Waals surface area (Å²) >= 11 is 4.95. The van der Waals surface area contributed by atoms with Gasteiger partial charge in [-0.1, -0.05) is 24.4 Å². The number of nitrogens with zero attached hydrogens (tertiary/aromatic N) is 1. The number of hydrogen-bond acceptors (Lipinski definition) is 3. The molecule has 0 spiro atoms. The molecule has 0 saturated carbocycles. The van der Waals surface area contributed by atoms with Crippen molar-refractivity contribution >= 4 is 23.1 Å². The number of aliphatic hydroxyl groups is 1. The predicted molar refractivity (Wildman–Crippen MR) is 82.7 cm³/mol. The lowest BCUT2D eigenvalue weighted by molar-refractivity contribution is 0.0574. The zero-order chi connectivity index (χ0) is 14.5. The number of nitrogens with two attached hydrogens (primary N) is 1. The molecule has 20 heavy (non-hydrogen) atoms. The molecule has 1 atom stereocenters. The molecule has 0 bridgehead atoms. The minimum Gasteiger partial charge on any atom is -0.396 e. The monoisotopic (exact) mass is 292 g/mol. The van der Waals surface area contributed by atoms with E-state index in [2.05, 4.69) is 0 Å². The van der Waals surface area contributed by atoms with Crippen molar-refractivity contribution in [2.45, 2.75) is 31.7 Å². The molecule has 4 nitrogen and oxygen atoms in total. The van der Waals surface area contributed by atoms with Crippen LogP contribution in [-0.4, -0.2) is 40.1 Å². The van der Waals surface area contributed by atoms with Crippen molar-refractivity contribution in [3.8, 4) is 0 Å². The molecule has 3 N–H and O–H groups in total. The van der Waals surface area contributed by atoms with Crippen LogP contribution in [0.5, 0.6) is 0 Å². The largest absolute Gasteiger partial charge is 0.396 e. The lowest BCUT2D eigenvalue weighted by Crippen LogP contribution is -2.44. The third-order valence-electron chi connectivity index (χ3n) is 3.74. The summed E-state index contributed by atoms with van der Waals surface area (Å²) in [5, 5.41) is 9.13. The number of hydrogen-bond donors (Lipinski definition) is 2. The Morgan fingerprint density at radius 1 is 1.40 bits per heavy atom. The molecule has 1 aliphatic rings. The first kappa shape index (κ1) is 14.9. The van der Waals surface area contributed by atoms with Gasteiger partial charge in [0, 0.05) is 30.3 Å². The number of benzene rings is 1. The second-order valence-corrected chi connectivity index (χ2v) is 5.55. The van der Waals surface area contributed by atoms with Crippen LogP contribution in [0.1, 0.15) is 41.6 Å². The van der Waals surface area contributed by atoms with Gasteiger partial charge in [0.15, 0.2) is 0 Å². The fourth-order valence-corrected chi connectivity index (χ4v) is 2.82. The Bertz CT molecular complexity index is 502. The number of thiocarbonyl (C=S) groups is 1. The van der Waals surface area contributed by atoms with Gasteiger partial charge in [-0.25, -0.2) is 0 Å². The molecule has 1 fully saturated rings. The summed E-state index contributed by atoms with van der Waals surface area (Å²) in [7, 11) is 0. The summed E-state index contributed by atoms with van der Waals surface area (Å²) in [5.74, 6) is 0.00116. The highest BCUT2D eigenvalue weighted by Gasteiger charge is 2.27. The van der Waals surface area contributed by atoms with Crippen LogP contribution in [0, 0.1) is 0 Å². The highest BCUT2D eigenvalue weighted by Crippen LogP contribution is 2.22. The van der Waals surface area contributed by atoms with Crippen molar-refractivity contribution < 1.29 is 9.90 Å². The molecule has 0 aromatic heterocycles. The van der Waals surface area contributed by atoms with Crippen molar-refractivity contribution in [3.63, 3.8) is 0 Å². The van der Waals surface area contributed by atoms with E-state index in [1.165, 1.54) is 0 Å². The van der Waals surface area contributed by atoms with Gasteiger partial charge in [0.2, 0.25) is 0 Å². The molecular weight excluding hydrogens is 272 g/mol. The average Bonchev–Trinajstić information content (AvgIpc) is 2.47. The van der Waals surface area contributed by atoms with Crippen molar-refractivity contribution in [2.75, 3.05) is 13.2 Å². The highest BCUT2D eigenvalue weighted by atomic mass is 32.1. The molecule has 1 saturated heterocycles. The van der Waals surface area contributed by atoms with Gasteiger partial charge in [-0.2, -0.15) is 0 Å². The Morgan fingerprint density at radius 3 is 2.85 bits per heavy atom. The number of aliphatic hydroxyl groups excluding tert-OH is 1. The van der Waals surface area contributed by atoms with Crippen LogP contribution in [0.3, 0.4) is 0 Å². The van der Waals surface area contributed by atoms with Gasteiger partial charge in [0.05, 0.1) is 0 Å². The first-order chi connectivity index (χ1) is 9.63. The number of rotatable bonds is 4. The maximum absolute atomic E-state index is 12.6. The summed E-state index contributed by atoms with van der Waals surface area (Å²) in [4.78, 5) is 14.8. The molecule has 1 aromatic rings. The molecule has 1 aliphatic heterocycles. The van der Waals surface area contributed by atoms with Gasteiger partial charge < -0.3 is 15.7 Å². The first-order valence-electron chi connectivity index (χ1n) is 6.95. The van der Waals surface area contributed by atoms with Crippen LogP contribution < -0.4 is 5.73 Å². The Labute approximate surface area is 124 Å². The van der Waals surface area contributed by atoms with Crippen molar-refractivity contribution in [1.82, 2.24) is 4.90 Å². The predicted octanol–water partition coefficient (Wildman–Crippen LogP) is 1.70. The third kappa shape index (κ3) is 3.35. The summed E-state index contributed by atoms with van der Waals surface area (Å²) < 4.78 is 0. The molecule has 108 valence electrons. The summed E-state index contributed by atoms with van der Waals surface area (Å²) in [6.07, 6.45) is 3.73. The van der Waals surface area contributed by atoms with Crippen LogP contribution in [0.4, 0.5) is 0 Å². The third-order valence-corrected chi connectivity index (χ3v) is 3.98. The van der Waals surface area contributed by atoms with Crippen molar-refractivity contribution in [1.29, 1.82) is 0 Å². The van der Waals surface area contributed by atoms with Crippen LogP contribution >= 0.6 is 12.2 Å². The minimum absolute atomic E-state index is 0.00116. The van der Waals surface area contributed by atoms with E-state index >= 15 is 0 Å². The minimum atomic E-state index is 0.00116. The number of piperidine rings is 1. The van der Waals surface area contributed by atoms with E-state index in [0.717, 1.165) is 25.8 Å².